The van der Waals surface area contributed by atoms with E-state index in [2.05, 4.69) is 48.5 Å². The molecule has 1 saturated heterocycles. The highest BCUT2D eigenvalue weighted by atomic mass is 16.5. The molecule has 0 amide bonds. The fourth-order valence-corrected chi connectivity index (χ4v) is 3.80. The first kappa shape index (κ1) is 16.9. The van der Waals surface area contributed by atoms with Crippen molar-refractivity contribution in [2.24, 2.45) is 0 Å². The van der Waals surface area contributed by atoms with E-state index in [1.54, 1.807) is 0 Å². The van der Waals surface area contributed by atoms with Crippen LogP contribution >= 0.6 is 0 Å². The number of nitrogens with zero attached hydrogens (tertiary/aromatic N) is 1. The molecule has 2 N–H and O–H groups in total. The van der Waals surface area contributed by atoms with Crippen LogP contribution in [-0.2, 0) is 17.6 Å². The molecule has 23 heavy (non-hydrogen) atoms. The van der Waals surface area contributed by atoms with Gasteiger partial charge in [0.25, 0.3) is 0 Å². The van der Waals surface area contributed by atoms with Gasteiger partial charge in [0.2, 0.25) is 0 Å². The molecule has 1 heterocycles. The summed E-state index contributed by atoms with van der Waals surface area (Å²) in [5.41, 5.74) is 2.88. The van der Waals surface area contributed by atoms with Crippen LogP contribution in [0, 0.1) is 0 Å². The lowest BCUT2D eigenvalue weighted by molar-refractivity contribution is 0.0197. The Balaban J connectivity index is 1.47. The Hall–Kier alpha value is -0.940. The van der Waals surface area contributed by atoms with E-state index in [4.69, 9.17) is 4.74 Å². The lowest BCUT2D eigenvalue weighted by Crippen LogP contribution is -2.48. The van der Waals surface area contributed by atoms with E-state index in [-0.39, 0.29) is 12.1 Å². The number of likely N-dealkylation sites (N-methyl/N-ethyl adjacent to an activating group) is 1. The molecule has 0 unspecified atom stereocenters. The summed E-state index contributed by atoms with van der Waals surface area (Å²) in [6, 6.07) is 9.12. The van der Waals surface area contributed by atoms with E-state index >= 15 is 0 Å². The van der Waals surface area contributed by atoms with Crippen LogP contribution in [0.15, 0.2) is 24.3 Å². The zero-order chi connectivity index (χ0) is 16.2. The van der Waals surface area contributed by atoms with Gasteiger partial charge in [0.15, 0.2) is 0 Å². The smallest absolute Gasteiger partial charge is 0.0989 e. The molecule has 0 saturated carbocycles. The third-order valence-corrected chi connectivity index (χ3v) is 5.17. The number of nitrogens with one attached hydrogen (secondary N) is 1. The van der Waals surface area contributed by atoms with E-state index in [9.17, 15) is 5.11 Å². The Kier molecular flexibility index (Phi) is 5.70. The van der Waals surface area contributed by atoms with Gasteiger partial charge >= 0.3 is 0 Å². The summed E-state index contributed by atoms with van der Waals surface area (Å²) in [5, 5.41) is 14.2. The lowest BCUT2D eigenvalue weighted by Gasteiger charge is -2.25. The number of aliphatic hydroxyl groups is 1. The van der Waals surface area contributed by atoms with Crippen molar-refractivity contribution in [1.82, 2.24) is 10.2 Å². The molecule has 1 aromatic rings. The molecule has 1 aromatic carbocycles. The molecule has 2 aliphatic rings. The summed E-state index contributed by atoms with van der Waals surface area (Å²) in [4.78, 5) is 2.27. The summed E-state index contributed by atoms with van der Waals surface area (Å²) in [7, 11) is 2.11. The monoisotopic (exact) mass is 318 g/mol. The number of hydrogen-bond donors (Lipinski definition) is 2. The van der Waals surface area contributed by atoms with Gasteiger partial charge in [0.1, 0.15) is 0 Å². The second kappa shape index (κ2) is 7.75. The summed E-state index contributed by atoms with van der Waals surface area (Å²) >= 11 is 0. The van der Waals surface area contributed by atoms with Crippen LogP contribution in [0.2, 0.25) is 0 Å². The highest BCUT2D eigenvalue weighted by Crippen LogP contribution is 2.24. The van der Waals surface area contributed by atoms with Crippen molar-refractivity contribution in [3.05, 3.63) is 35.4 Å². The van der Waals surface area contributed by atoms with Crippen LogP contribution in [0.4, 0.5) is 0 Å². The predicted octanol–water partition coefficient (Wildman–Crippen LogP) is 1.60. The topological polar surface area (TPSA) is 44.7 Å². The van der Waals surface area contributed by atoms with Crippen molar-refractivity contribution in [2.75, 3.05) is 26.7 Å². The molecule has 4 nitrogen and oxygen atoms in total. The normalized spacial score (nSPS) is 27.7. The second-order valence-corrected chi connectivity index (χ2v) is 7.13. The van der Waals surface area contributed by atoms with Gasteiger partial charge < -0.3 is 20.1 Å². The number of unbranched alkanes of at least 4 members (excludes halogenated alkanes) is 1. The first-order chi connectivity index (χ1) is 11.2. The number of ether oxygens (including phenoxy) is 1. The third-order valence-electron chi connectivity index (χ3n) is 5.17. The van der Waals surface area contributed by atoms with Gasteiger partial charge in [-0.25, -0.2) is 0 Å². The standard InChI is InChI=1S/C19H30N2O2/c1-3-4-9-21(2)12-18-19(22)17(13-23-18)20-16-10-14-7-5-6-8-15(14)11-16/h5-8,16-20,22H,3-4,9-13H2,1-2H3/t17-,18-,19+/m0/s1. The average molecular weight is 318 g/mol. The quantitative estimate of drug-likeness (QED) is 0.802. The van der Waals surface area contributed by atoms with Gasteiger partial charge in [-0.3, -0.25) is 0 Å². The summed E-state index contributed by atoms with van der Waals surface area (Å²) in [6.07, 6.45) is 4.02. The van der Waals surface area contributed by atoms with Crippen LogP contribution in [0.25, 0.3) is 0 Å². The van der Waals surface area contributed by atoms with E-state index in [1.807, 2.05) is 0 Å². The number of benzene rings is 1. The highest BCUT2D eigenvalue weighted by molar-refractivity contribution is 5.33. The van der Waals surface area contributed by atoms with E-state index in [0.29, 0.717) is 12.6 Å². The summed E-state index contributed by atoms with van der Waals surface area (Å²) < 4.78 is 5.86. The Morgan fingerprint density at radius 3 is 2.61 bits per heavy atom. The minimum Gasteiger partial charge on any atom is -0.389 e. The average Bonchev–Trinajstić information content (AvgIpc) is 3.10. The molecule has 1 fully saturated rings. The van der Waals surface area contributed by atoms with E-state index in [1.165, 1.54) is 24.0 Å². The van der Waals surface area contributed by atoms with Crippen LogP contribution in [0.1, 0.15) is 30.9 Å². The Labute approximate surface area is 139 Å². The maximum absolute atomic E-state index is 10.6. The molecule has 1 aliphatic carbocycles. The van der Waals surface area contributed by atoms with Crippen molar-refractivity contribution in [1.29, 1.82) is 0 Å². The van der Waals surface area contributed by atoms with Gasteiger partial charge in [0.05, 0.1) is 24.9 Å². The van der Waals surface area contributed by atoms with E-state index < -0.39 is 6.10 Å². The molecule has 3 atom stereocenters. The fraction of sp³-hybridized carbons (Fsp3) is 0.684. The zero-order valence-electron chi connectivity index (χ0n) is 14.4. The maximum atomic E-state index is 10.6. The molecular weight excluding hydrogens is 288 g/mol. The maximum Gasteiger partial charge on any atom is 0.0989 e. The van der Waals surface area contributed by atoms with Crippen LogP contribution in [-0.4, -0.2) is 61.0 Å². The van der Waals surface area contributed by atoms with Gasteiger partial charge in [-0.05, 0) is 44.0 Å². The van der Waals surface area contributed by atoms with Crippen LogP contribution < -0.4 is 5.32 Å². The molecule has 128 valence electrons. The molecule has 4 heteroatoms. The van der Waals surface area contributed by atoms with Gasteiger partial charge in [0, 0.05) is 12.6 Å². The molecular formula is C19H30N2O2. The van der Waals surface area contributed by atoms with Gasteiger partial charge in [-0.15, -0.1) is 0 Å². The largest absolute Gasteiger partial charge is 0.389 e. The summed E-state index contributed by atoms with van der Waals surface area (Å²) in [5.74, 6) is 0. The molecule has 0 aromatic heterocycles. The van der Waals surface area contributed by atoms with Crippen LogP contribution in [0.5, 0.6) is 0 Å². The Bertz CT molecular complexity index is 483. The first-order valence-electron chi connectivity index (χ1n) is 8.98. The molecule has 1 aliphatic heterocycles. The predicted molar refractivity (Wildman–Crippen MR) is 92.7 cm³/mol. The van der Waals surface area contributed by atoms with Crippen molar-refractivity contribution >= 4 is 0 Å². The third kappa shape index (κ3) is 4.13. The minimum atomic E-state index is -0.414. The highest BCUT2D eigenvalue weighted by Gasteiger charge is 2.38. The molecule has 0 radical (unpaired) electrons. The fourth-order valence-electron chi connectivity index (χ4n) is 3.80. The van der Waals surface area contributed by atoms with Crippen molar-refractivity contribution in [2.45, 2.75) is 56.9 Å². The minimum absolute atomic E-state index is 0.0545. The Morgan fingerprint density at radius 1 is 1.26 bits per heavy atom. The van der Waals surface area contributed by atoms with E-state index in [0.717, 1.165) is 25.9 Å². The summed E-state index contributed by atoms with van der Waals surface area (Å²) in [6.45, 7) is 4.69. The second-order valence-electron chi connectivity index (χ2n) is 7.13. The number of hydrogen-bond acceptors (Lipinski definition) is 4. The van der Waals surface area contributed by atoms with Crippen LogP contribution in [0.3, 0.4) is 0 Å². The van der Waals surface area contributed by atoms with Gasteiger partial charge in [-0.2, -0.15) is 0 Å². The van der Waals surface area contributed by atoms with Crippen molar-refractivity contribution in [3.63, 3.8) is 0 Å². The molecule has 0 spiro atoms. The Morgan fingerprint density at radius 2 is 1.96 bits per heavy atom. The molecule has 3 rings (SSSR count). The zero-order valence-corrected chi connectivity index (χ0v) is 14.4. The lowest BCUT2D eigenvalue weighted by atomic mass is 10.1. The van der Waals surface area contributed by atoms with Crippen molar-refractivity contribution < 1.29 is 9.84 Å². The molecule has 0 bridgehead atoms. The number of aliphatic hydroxyl groups excluding tert-OH is 1. The number of rotatable bonds is 7. The number of fused-ring (bicyclic) bond motifs is 1. The van der Waals surface area contributed by atoms with Crippen molar-refractivity contribution in [3.8, 4) is 0 Å². The SMILES string of the molecule is CCCCN(C)C[C@@H]1OC[C@H](NC2Cc3ccccc3C2)[C@H]1O. The first-order valence-corrected chi connectivity index (χ1v) is 8.98. The van der Waals surface area contributed by atoms with Gasteiger partial charge in [-0.1, -0.05) is 37.6 Å².